The third-order valence-corrected chi connectivity index (χ3v) is 18.8. The van der Waals surface area contributed by atoms with Crippen LogP contribution in [0.4, 0.5) is 34.1 Å². The second-order valence-corrected chi connectivity index (χ2v) is 22.3. The summed E-state index contributed by atoms with van der Waals surface area (Å²) in [4.78, 5) is 21.8. The van der Waals surface area contributed by atoms with Gasteiger partial charge in [0.05, 0.1) is 57.4 Å². The maximum atomic E-state index is 10.8. The lowest BCUT2D eigenvalue weighted by Crippen LogP contribution is -2.25. The molecule has 0 radical (unpaired) electrons. The molecule has 0 spiro atoms. The minimum absolute atomic E-state index is 0.454. The number of rotatable bonds is 6. The van der Waals surface area contributed by atoms with Crippen molar-refractivity contribution >= 4 is 34.1 Å². The number of hydrogen-bond donors (Lipinski definition) is 0. The average molecular weight is 1020 g/mol. The standard InChI is InChI=1S/C71H67N7/c1-36-40(5)48(13)65-57(44(36)9)32-58-45(10)37(2)41(6)49(14)66(58)77(65)63-27-25-53(35-73)30-61(63)70-74-69(54-22-18-17-19-23-54)75-71(76-70)62-31-56(55-24-20-21-52(29-55)34-72)26-28-64(62)78-67-50(15)42(7)38(3)46(11)59(67)33-60-47(12)39(4)43(8)51(16)68(60)78/h17-31H,32-33H2,1-16H3. The molecular formula is C71H67N7. The summed E-state index contributed by atoms with van der Waals surface area (Å²) in [6.45, 7) is 36.2. The molecule has 0 N–H and O–H groups in total. The highest BCUT2D eigenvalue weighted by Crippen LogP contribution is 2.56. The SMILES string of the molecule is Cc1c(C)c(C)c2c(c1C)Cc1c(C)c(C)c(C)c(C)c1N2c1ccc(C#N)cc1-c1nc(-c2ccccc2)nc(-c2cc(-c3cccc(C#N)c3)ccc2N2c3c(C)c(C)c(C)c(C)c3Cc3c(C)c(C)c(C)c(C)c32)n1. The lowest BCUT2D eigenvalue weighted by atomic mass is 9.80. The van der Waals surface area contributed by atoms with Gasteiger partial charge in [-0.1, -0.05) is 48.5 Å². The van der Waals surface area contributed by atoms with Crippen molar-refractivity contribution in [3.8, 4) is 57.4 Å². The van der Waals surface area contributed by atoms with Gasteiger partial charge in [-0.25, -0.2) is 15.0 Å². The lowest BCUT2D eigenvalue weighted by molar-refractivity contribution is 0.992. The first kappa shape index (κ1) is 51.5. The van der Waals surface area contributed by atoms with Crippen LogP contribution in [-0.2, 0) is 12.8 Å². The van der Waals surface area contributed by atoms with E-state index >= 15 is 0 Å². The first-order valence-electron chi connectivity index (χ1n) is 27.3. The van der Waals surface area contributed by atoms with Crippen LogP contribution in [0, 0.1) is 133 Å². The minimum atomic E-state index is 0.454. The van der Waals surface area contributed by atoms with E-state index in [1.807, 2.05) is 48.5 Å². The van der Waals surface area contributed by atoms with E-state index in [9.17, 15) is 10.5 Å². The van der Waals surface area contributed by atoms with Crippen molar-refractivity contribution in [3.05, 3.63) is 213 Å². The molecule has 3 heterocycles. The van der Waals surface area contributed by atoms with E-state index in [-0.39, 0.29) is 0 Å². The Hall–Kier alpha value is -8.65. The molecule has 78 heavy (non-hydrogen) atoms. The van der Waals surface area contributed by atoms with Gasteiger partial charge in [0.25, 0.3) is 0 Å². The van der Waals surface area contributed by atoms with E-state index in [0.717, 1.165) is 52.0 Å². The van der Waals surface area contributed by atoms with E-state index in [0.29, 0.717) is 28.6 Å². The predicted molar refractivity (Wildman–Crippen MR) is 322 cm³/mol. The van der Waals surface area contributed by atoms with Crippen molar-refractivity contribution < 1.29 is 0 Å². The fraction of sp³-hybridized carbons (Fsp3) is 0.254. The van der Waals surface area contributed by atoms with Crippen molar-refractivity contribution in [1.82, 2.24) is 15.0 Å². The quantitative estimate of drug-likeness (QED) is 0.164. The maximum absolute atomic E-state index is 10.8. The van der Waals surface area contributed by atoms with Crippen LogP contribution in [0.2, 0.25) is 0 Å². The average Bonchev–Trinajstić information content (AvgIpc) is 3.31. The van der Waals surface area contributed by atoms with Crippen LogP contribution < -0.4 is 9.80 Å². The second-order valence-electron chi connectivity index (χ2n) is 22.3. The monoisotopic (exact) mass is 1020 g/mol. The fourth-order valence-corrected chi connectivity index (χ4v) is 12.8. The van der Waals surface area contributed by atoms with Gasteiger partial charge in [0.15, 0.2) is 17.5 Å². The Kier molecular flexibility index (Phi) is 12.6. The molecule has 2 aliphatic heterocycles. The summed E-state index contributed by atoms with van der Waals surface area (Å²) in [5, 5.41) is 21.0. The van der Waals surface area contributed by atoms with Gasteiger partial charge in [0.1, 0.15) is 0 Å². The summed E-state index contributed by atoms with van der Waals surface area (Å²) in [5.41, 5.74) is 37.5. The summed E-state index contributed by atoms with van der Waals surface area (Å²) in [6, 6.07) is 35.5. The molecular weight excluding hydrogens is 951 g/mol. The van der Waals surface area contributed by atoms with Gasteiger partial charge < -0.3 is 9.80 Å². The molecule has 11 rings (SSSR count). The molecule has 0 unspecified atom stereocenters. The number of aromatic nitrogens is 3. The summed E-state index contributed by atoms with van der Waals surface area (Å²) in [5.74, 6) is 1.46. The van der Waals surface area contributed by atoms with Crippen molar-refractivity contribution in [3.63, 3.8) is 0 Å². The molecule has 0 amide bonds. The topological polar surface area (TPSA) is 92.7 Å². The molecule has 8 aromatic carbocycles. The second kappa shape index (κ2) is 19.1. The van der Waals surface area contributed by atoms with Crippen molar-refractivity contribution in [2.45, 2.75) is 124 Å². The van der Waals surface area contributed by atoms with E-state index in [4.69, 9.17) is 15.0 Å². The molecule has 2 aliphatic rings. The molecule has 0 fully saturated rings. The van der Waals surface area contributed by atoms with E-state index in [2.05, 4.69) is 175 Å². The number of nitrogens with zero attached hydrogens (tertiary/aromatic N) is 7. The summed E-state index contributed by atoms with van der Waals surface area (Å²) in [6.07, 6.45) is 1.64. The number of hydrogen-bond acceptors (Lipinski definition) is 7. The Morgan fingerprint density at radius 2 is 0.667 bits per heavy atom. The molecule has 0 bridgehead atoms. The minimum Gasteiger partial charge on any atom is -0.309 e. The van der Waals surface area contributed by atoms with Crippen molar-refractivity contribution in [2.24, 2.45) is 0 Å². The molecule has 7 nitrogen and oxygen atoms in total. The van der Waals surface area contributed by atoms with Gasteiger partial charge >= 0.3 is 0 Å². The normalized spacial score (nSPS) is 12.4. The van der Waals surface area contributed by atoms with Crippen LogP contribution in [0.5, 0.6) is 0 Å². The van der Waals surface area contributed by atoms with Crippen LogP contribution in [0.15, 0.2) is 91.0 Å². The number of anilines is 6. The first-order valence-corrected chi connectivity index (χ1v) is 27.3. The third-order valence-electron chi connectivity index (χ3n) is 18.8. The molecule has 0 saturated carbocycles. The molecule has 0 atom stereocenters. The predicted octanol–water partition coefficient (Wildman–Crippen LogP) is 18.0. The largest absolute Gasteiger partial charge is 0.309 e. The Morgan fingerprint density at radius 3 is 1.09 bits per heavy atom. The number of benzene rings is 8. The summed E-state index contributed by atoms with van der Waals surface area (Å²) < 4.78 is 0. The highest BCUT2D eigenvalue weighted by molar-refractivity contribution is 5.98. The zero-order valence-electron chi connectivity index (χ0n) is 48.2. The Balaban J connectivity index is 1.28. The van der Waals surface area contributed by atoms with Gasteiger partial charge in [-0.2, -0.15) is 10.5 Å². The van der Waals surface area contributed by atoms with E-state index in [1.54, 1.807) is 0 Å². The number of fused-ring (bicyclic) bond motifs is 4. The Labute approximate surface area is 461 Å². The van der Waals surface area contributed by atoms with Crippen LogP contribution in [0.25, 0.3) is 45.3 Å². The third kappa shape index (κ3) is 7.77. The van der Waals surface area contributed by atoms with Gasteiger partial charge in [0.2, 0.25) is 0 Å². The first-order chi connectivity index (χ1) is 37.3. The molecule has 9 aromatic rings. The highest BCUT2D eigenvalue weighted by Gasteiger charge is 2.37. The van der Waals surface area contributed by atoms with Crippen LogP contribution in [-0.4, -0.2) is 15.0 Å². The van der Waals surface area contributed by atoms with Crippen LogP contribution in [0.3, 0.4) is 0 Å². The molecule has 1 aromatic heterocycles. The van der Waals surface area contributed by atoms with Gasteiger partial charge in [-0.3, -0.25) is 0 Å². The van der Waals surface area contributed by atoms with Gasteiger partial charge in [-0.05, 0) is 276 Å². The molecule has 0 saturated heterocycles. The van der Waals surface area contributed by atoms with Crippen molar-refractivity contribution in [1.29, 1.82) is 10.5 Å². The Bertz CT molecular complexity index is 4040. The zero-order chi connectivity index (χ0) is 55.5. The smallest absolute Gasteiger partial charge is 0.166 e. The van der Waals surface area contributed by atoms with Gasteiger partial charge in [0, 0.05) is 29.5 Å². The molecule has 386 valence electrons. The lowest BCUT2D eigenvalue weighted by Gasteiger charge is -2.40. The van der Waals surface area contributed by atoms with E-state index in [1.165, 1.54) is 134 Å². The van der Waals surface area contributed by atoms with Crippen molar-refractivity contribution in [2.75, 3.05) is 9.80 Å². The summed E-state index contributed by atoms with van der Waals surface area (Å²) in [7, 11) is 0. The highest BCUT2D eigenvalue weighted by atomic mass is 15.2. The Morgan fingerprint density at radius 1 is 0.321 bits per heavy atom. The van der Waals surface area contributed by atoms with Crippen LogP contribution >= 0.6 is 0 Å². The molecule has 7 heteroatoms. The zero-order valence-corrected chi connectivity index (χ0v) is 48.2. The van der Waals surface area contributed by atoms with Crippen LogP contribution in [0.1, 0.15) is 122 Å². The summed E-state index contributed by atoms with van der Waals surface area (Å²) >= 11 is 0. The number of nitriles is 2. The fourth-order valence-electron chi connectivity index (χ4n) is 12.8. The maximum Gasteiger partial charge on any atom is 0.166 e. The van der Waals surface area contributed by atoms with Gasteiger partial charge in [-0.15, -0.1) is 0 Å². The molecule has 0 aliphatic carbocycles. The van der Waals surface area contributed by atoms with E-state index < -0.39 is 0 Å².